The first-order valence-corrected chi connectivity index (χ1v) is 6.79. The van der Waals surface area contributed by atoms with E-state index in [0.717, 1.165) is 4.31 Å². The number of sulfonamides is 1. The van der Waals surface area contributed by atoms with Crippen molar-refractivity contribution in [3.63, 3.8) is 0 Å². The highest BCUT2D eigenvalue weighted by molar-refractivity contribution is 7.89. The third kappa shape index (κ3) is 2.78. The number of hydrogen-bond donors (Lipinski definition) is 3. The van der Waals surface area contributed by atoms with E-state index < -0.39 is 16.6 Å². The summed E-state index contributed by atoms with van der Waals surface area (Å²) < 4.78 is 25.8. The van der Waals surface area contributed by atoms with E-state index in [-0.39, 0.29) is 30.3 Å². The van der Waals surface area contributed by atoms with Gasteiger partial charge in [-0.05, 0) is 6.92 Å². The number of rotatable bonds is 7. The van der Waals surface area contributed by atoms with Crippen LogP contribution < -0.4 is 0 Å². The summed E-state index contributed by atoms with van der Waals surface area (Å²) in [6.07, 6.45) is 1.43. The number of nitrogens with zero attached hydrogens (tertiary/aromatic N) is 2. The van der Waals surface area contributed by atoms with Crippen LogP contribution in [0.4, 0.5) is 0 Å². The molecule has 1 aromatic heterocycles. The van der Waals surface area contributed by atoms with Crippen molar-refractivity contribution in [1.29, 1.82) is 0 Å². The van der Waals surface area contributed by atoms with Crippen LogP contribution >= 0.6 is 0 Å². The van der Waals surface area contributed by atoms with Crippen LogP contribution in [0.2, 0.25) is 0 Å². The Morgan fingerprint density at radius 2 is 2.17 bits per heavy atom. The molecule has 0 unspecified atom stereocenters. The molecule has 0 aliphatic carbocycles. The average molecular weight is 275 g/mol. The van der Waals surface area contributed by atoms with Crippen LogP contribution in [-0.4, -0.2) is 52.8 Å². The van der Waals surface area contributed by atoms with Gasteiger partial charge in [0.25, 0.3) is 0 Å². The molecule has 0 atom stereocenters. The molecule has 1 rings (SSSR count). The number of H-pyrrole nitrogens is 1. The summed E-state index contributed by atoms with van der Waals surface area (Å²) in [5.41, 5.74) is 0.422. The lowest BCUT2D eigenvalue weighted by atomic mass is 10.4. The van der Waals surface area contributed by atoms with Gasteiger partial charge >= 0.3 is 0 Å². The molecule has 0 spiro atoms. The molecule has 0 radical (unpaired) electrons. The molecular weight excluding hydrogens is 258 g/mol. The fourth-order valence-corrected chi connectivity index (χ4v) is 3.34. The Kier molecular flexibility index (Phi) is 5.03. The first-order chi connectivity index (χ1) is 8.48. The molecule has 0 aliphatic heterocycles. The molecule has 0 fully saturated rings. The van der Waals surface area contributed by atoms with E-state index in [1.54, 1.807) is 6.92 Å². The summed E-state index contributed by atoms with van der Waals surface area (Å²) >= 11 is 0. The van der Waals surface area contributed by atoms with Crippen LogP contribution in [0.25, 0.3) is 0 Å². The highest BCUT2D eigenvalue weighted by Crippen LogP contribution is 2.22. The average Bonchev–Trinajstić information content (AvgIpc) is 2.70. The van der Waals surface area contributed by atoms with Gasteiger partial charge in [0.1, 0.15) is 10.6 Å². The molecule has 1 heterocycles. The van der Waals surface area contributed by atoms with Crippen molar-refractivity contribution >= 4 is 10.0 Å². The van der Waals surface area contributed by atoms with Crippen LogP contribution in [-0.2, 0) is 16.6 Å². The monoisotopic (exact) mass is 275 g/mol. The van der Waals surface area contributed by atoms with E-state index >= 15 is 0 Å². The second-order valence-electron chi connectivity index (χ2n) is 3.66. The maximum atomic E-state index is 12.4. The van der Waals surface area contributed by atoms with E-state index in [0.29, 0.717) is 5.69 Å². The number of aromatic nitrogens is 2. The molecule has 1 aromatic rings. The maximum Gasteiger partial charge on any atom is 0.247 e. The van der Waals surface area contributed by atoms with Gasteiger partial charge in [0, 0.05) is 13.1 Å². The van der Waals surface area contributed by atoms with Gasteiger partial charge in [-0.1, -0.05) is 6.08 Å². The van der Waals surface area contributed by atoms with E-state index in [1.807, 2.05) is 0 Å². The smallest absolute Gasteiger partial charge is 0.247 e. The standard InChI is InChI=1S/C10H17N3O4S/c1-3-4-13(5-6-14)18(16,17)10-8(2)11-12-9(10)7-15/h3,14-15H,1,4-7H2,2H3,(H,11,12). The van der Waals surface area contributed by atoms with Crippen LogP contribution in [0.1, 0.15) is 11.4 Å². The van der Waals surface area contributed by atoms with Crippen molar-refractivity contribution in [2.75, 3.05) is 19.7 Å². The molecule has 7 nitrogen and oxygen atoms in total. The van der Waals surface area contributed by atoms with Crippen LogP contribution in [0, 0.1) is 6.92 Å². The van der Waals surface area contributed by atoms with E-state index in [9.17, 15) is 8.42 Å². The van der Waals surface area contributed by atoms with Crippen molar-refractivity contribution in [2.45, 2.75) is 18.4 Å². The Hall–Kier alpha value is -1.22. The van der Waals surface area contributed by atoms with Crippen molar-refractivity contribution in [3.8, 4) is 0 Å². The summed E-state index contributed by atoms with van der Waals surface area (Å²) in [5, 5.41) is 24.3. The molecule has 0 bridgehead atoms. The van der Waals surface area contributed by atoms with Crippen molar-refractivity contribution in [2.24, 2.45) is 0 Å². The van der Waals surface area contributed by atoms with Gasteiger partial charge in [-0.3, -0.25) is 5.10 Å². The number of nitrogens with one attached hydrogen (secondary N) is 1. The highest BCUT2D eigenvalue weighted by atomic mass is 32.2. The predicted octanol–water partition coefficient (Wildman–Crippen LogP) is -0.621. The van der Waals surface area contributed by atoms with Gasteiger partial charge < -0.3 is 10.2 Å². The number of aromatic amines is 1. The Morgan fingerprint density at radius 3 is 2.67 bits per heavy atom. The van der Waals surface area contributed by atoms with Crippen LogP contribution in [0.15, 0.2) is 17.6 Å². The molecule has 8 heteroatoms. The van der Waals surface area contributed by atoms with Gasteiger partial charge in [-0.25, -0.2) is 8.42 Å². The minimum atomic E-state index is -3.81. The normalized spacial score (nSPS) is 12.0. The Balaban J connectivity index is 3.25. The number of hydrogen-bond acceptors (Lipinski definition) is 5. The van der Waals surface area contributed by atoms with E-state index in [1.165, 1.54) is 6.08 Å². The lowest BCUT2D eigenvalue weighted by Gasteiger charge is -2.19. The van der Waals surface area contributed by atoms with Gasteiger partial charge in [-0.15, -0.1) is 6.58 Å². The zero-order chi connectivity index (χ0) is 13.8. The van der Waals surface area contributed by atoms with Crippen LogP contribution in [0.3, 0.4) is 0 Å². The molecule has 0 aromatic carbocycles. The first-order valence-electron chi connectivity index (χ1n) is 5.35. The molecule has 0 saturated heterocycles. The van der Waals surface area contributed by atoms with Gasteiger partial charge in [0.05, 0.1) is 18.9 Å². The molecule has 102 valence electrons. The van der Waals surface area contributed by atoms with Crippen molar-refractivity contribution in [3.05, 3.63) is 24.0 Å². The van der Waals surface area contributed by atoms with E-state index in [2.05, 4.69) is 16.8 Å². The Bertz CT molecular complexity index is 509. The molecular formula is C10H17N3O4S. The summed E-state index contributed by atoms with van der Waals surface area (Å²) in [5.74, 6) is 0. The lowest BCUT2D eigenvalue weighted by Crippen LogP contribution is -2.34. The number of aliphatic hydroxyl groups is 2. The van der Waals surface area contributed by atoms with Crippen molar-refractivity contribution < 1.29 is 18.6 Å². The molecule has 0 saturated carbocycles. The summed E-state index contributed by atoms with van der Waals surface area (Å²) in [6.45, 7) is 4.32. The third-order valence-electron chi connectivity index (χ3n) is 2.39. The predicted molar refractivity (Wildman–Crippen MR) is 65.3 cm³/mol. The van der Waals surface area contributed by atoms with Crippen LogP contribution in [0.5, 0.6) is 0 Å². The Labute approximate surface area is 106 Å². The SMILES string of the molecule is C=CCN(CCO)S(=O)(=O)c1c(CO)n[nH]c1C. The third-order valence-corrected chi connectivity index (χ3v) is 4.46. The second kappa shape index (κ2) is 6.10. The molecule has 0 aliphatic rings. The minimum absolute atomic E-state index is 0.0379. The van der Waals surface area contributed by atoms with Gasteiger partial charge in [-0.2, -0.15) is 9.40 Å². The fraction of sp³-hybridized carbons (Fsp3) is 0.500. The summed E-state index contributed by atoms with van der Waals surface area (Å²) in [6, 6.07) is 0. The zero-order valence-corrected chi connectivity index (χ0v) is 10.9. The van der Waals surface area contributed by atoms with Crippen molar-refractivity contribution in [1.82, 2.24) is 14.5 Å². The first kappa shape index (κ1) is 14.8. The summed E-state index contributed by atoms with van der Waals surface area (Å²) in [7, 11) is -3.81. The second-order valence-corrected chi connectivity index (χ2v) is 5.53. The topological polar surface area (TPSA) is 107 Å². The maximum absolute atomic E-state index is 12.4. The van der Waals surface area contributed by atoms with Gasteiger partial charge in [0.15, 0.2) is 0 Å². The Morgan fingerprint density at radius 1 is 1.50 bits per heavy atom. The summed E-state index contributed by atoms with van der Waals surface area (Å²) in [4.78, 5) is -0.0414. The number of aryl methyl sites for hydroxylation is 1. The minimum Gasteiger partial charge on any atom is -0.395 e. The van der Waals surface area contributed by atoms with E-state index in [4.69, 9.17) is 10.2 Å². The van der Waals surface area contributed by atoms with Gasteiger partial charge in [0.2, 0.25) is 10.0 Å². The number of aliphatic hydroxyl groups excluding tert-OH is 2. The molecule has 3 N–H and O–H groups in total. The quantitative estimate of drug-likeness (QED) is 0.575. The zero-order valence-electron chi connectivity index (χ0n) is 10.1. The fourth-order valence-electron chi connectivity index (χ4n) is 1.61. The highest BCUT2D eigenvalue weighted by Gasteiger charge is 2.29. The molecule has 0 amide bonds. The molecule has 18 heavy (non-hydrogen) atoms. The lowest BCUT2D eigenvalue weighted by molar-refractivity contribution is 0.259. The largest absolute Gasteiger partial charge is 0.395 e.